The Morgan fingerprint density at radius 1 is 1.47 bits per heavy atom. The van der Waals surface area contributed by atoms with Crippen LogP contribution in [0.1, 0.15) is 17.3 Å². The fraction of sp³-hybridized carbons (Fsp3) is 0.167. The lowest BCUT2D eigenvalue weighted by Gasteiger charge is -2.02. The summed E-state index contributed by atoms with van der Waals surface area (Å²) < 4.78 is 9.94. The van der Waals surface area contributed by atoms with Crippen molar-refractivity contribution in [3.05, 3.63) is 45.3 Å². The van der Waals surface area contributed by atoms with Crippen molar-refractivity contribution in [1.29, 1.82) is 0 Å². The second-order valence-electron chi connectivity index (χ2n) is 3.34. The molecule has 2 rings (SSSR count). The number of fused-ring (bicyclic) bond motifs is 1. The quantitative estimate of drug-likeness (QED) is 0.771. The Hall–Kier alpha value is -1.81. The lowest BCUT2D eigenvalue weighted by Crippen LogP contribution is -2.17. The number of benzene rings is 1. The van der Waals surface area contributed by atoms with E-state index < -0.39 is 11.4 Å². The van der Waals surface area contributed by atoms with Gasteiger partial charge in [0.2, 0.25) is 5.43 Å². The van der Waals surface area contributed by atoms with Gasteiger partial charge in [-0.25, -0.2) is 4.79 Å². The highest BCUT2D eigenvalue weighted by molar-refractivity contribution is 6.31. The molecule has 0 fully saturated rings. The van der Waals surface area contributed by atoms with Crippen LogP contribution in [-0.2, 0) is 4.74 Å². The highest BCUT2D eigenvalue weighted by atomic mass is 35.5. The van der Waals surface area contributed by atoms with E-state index in [1.54, 1.807) is 19.1 Å². The van der Waals surface area contributed by atoms with E-state index in [1.165, 1.54) is 6.07 Å². The summed E-state index contributed by atoms with van der Waals surface area (Å²) in [5.74, 6) is -0.692. The standard InChI is InChI=1S/C12H9ClO4/c1-2-16-12(15)9-6-17-10-4-3-7(13)5-8(10)11(9)14/h3-6H,2H2,1H3. The van der Waals surface area contributed by atoms with Gasteiger partial charge in [0.15, 0.2) is 0 Å². The van der Waals surface area contributed by atoms with Crippen molar-refractivity contribution >= 4 is 28.5 Å². The molecule has 0 amide bonds. The molecular formula is C12H9ClO4. The summed E-state index contributed by atoms with van der Waals surface area (Å²) in [4.78, 5) is 23.5. The molecule has 4 nitrogen and oxygen atoms in total. The zero-order chi connectivity index (χ0) is 12.4. The normalized spacial score (nSPS) is 10.5. The highest BCUT2D eigenvalue weighted by Crippen LogP contribution is 2.17. The van der Waals surface area contributed by atoms with E-state index in [9.17, 15) is 9.59 Å². The van der Waals surface area contributed by atoms with Crippen molar-refractivity contribution in [2.45, 2.75) is 6.92 Å². The Kier molecular flexibility index (Phi) is 3.15. The third kappa shape index (κ3) is 2.17. The van der Waals surface area contributed by atoms with Gasteiger partial charge < -0.3 is 9.15 Å². The zero-order valence-corrected chi connectivity index (χ0v) is 9.78. The van der Waals surface area contributed by atoms with Crippen molar-refractivity contribution in [3.63, 3.8) is 0 Å². The lowest BCUT2D eigenvalue weighted by molar-refractivity contribution is 0.0522. The number of esters is 1. The highest BCUT2D eigenvalue weighted by Gasteiger charge is 2.15. The third-order valence-electron chi connectivity index (χ3n) is 2.23. The van der Waals surface area contributed by atoms with Gasteiger partial charge in [-0.15, -0.1) is 0 Å². The van der Waals surface area contributed by atoms with Gasteiger partial charge in [-0.1, -0.05) is 11.6 Å². The maximum Gasteiger partial charge on any atom is 0.345 e. The number of hydrogen-bond acceptors (Lipinski definition) is 4. The molecule has 0 saturated carbocycles. The van der Waals surface area contributed by atoms with Crippen molar-refractivity contribution in [3.8, 4) is 0 Å². The maximum absolute atomic E-state index is 12.0. The van der Waals surface area contributed by atoms with Crippen LogP contribution >= 0.6 is 11.6 Å². The largest absolute Gasteiger partial charge is 0.463 e. The molecule has 0 aliphatic heterocycles. The van der Waals surface area contributed by atoms with E-state index in [0.717, 1.165) is 6.26 Å². The van der Waals surface area contributed by atoms with Crippen molar-refractivity contribution in [1.82, 2.24) is 0 Å². The summed E-state index contributed by atoms with van der Waals surface area (Å²) in [6.45, 7) is 1.86. The first-order valence-corrected chi connectivity index (χ1v) is 5.39. The summed E-state index contributed by atoms with van der Waals surface area (Å²) in [6.07, 6.45) is 1.11. The molecular weight excluding hydrogens is 244 g/mol. The molecule has 1 heterocycles. The Morgan fingerprint density at radius 3 is 2.94 bits per heavy atom. The van der Waals surface area contributed by atoms with Crippen LogP contribution in [0.25, 0.3) is 11.0 Å². The molecule has 17 heavy (non-hydrogen) atoms. The zero-order valence-electron chi connectivity index (χ0n) is 9.03. The minimum atomic E-state index is -0.692. The van der Waals surface area contributed by atoms with E-state index >= 15 is 0 Å². The van der Waals surface area contributed by atoms with Crippen LogP contribution in [0.15, 0.2) is 33.7 Å². The van der Waals surface area contributed by atoms with Crippen molar-refractivity contribution in [2.75, 3.05) is 6.61 Å². The van der Waals surface area contributed by atoms with E-state index in [-0.39, 0.29) is 17.6 Å². The summed E-state index contributed by atoms with van der Waals surface area (Å²) in [7, 11) is 0. The smallest absolute Gasteiger partial charge is 0.345 e. The Labute approximate surface area is 102 Å². The number of hydrogen-bond donors (Lipinski definition) is 0. The van der Waals surface area contributed by atoms with E-state index in [2.05, 4.69) is 0 Å². The van der Waals surface area contributed by atoms with Crippen LogP contribution in [0, 0.1) is 0 Å². The Balaban J connectivity index is 2.65. The number of halogens is 1. The SMILES string of the molecule is CCOC(=O)c1coc2ccc(Cl)cc2c1=O. The molecule has 0 radical (unpaired) electrons. The monoisotopic (exact) mass is 252 g/mol. The average Bonchev–Trinajstić information content (AvgIpc) is 2.30. The van der Waals surface area contributed by atoms with Crippen LogP contribution in [0.2, 0.25) is 5.02 Å². The molecule has 0 saturated heterocycles. The summed E-state index contributed by atoms with van der Waals surface area (Å²) in [6, 6.07) is 4.65. The lowest BCUT2D eigenvalue weighted by atomic mass is 10.2. The molecule has 5 heteroatoms. The molecule has 0 unspecified atom stereocenters. The van der Waals surface area contributed by atoms with Gasteiger partial charge in [-0.3, -0.25) is 4.79 Å². The summed E-state index contributed by atoms with van der Waals surface area (Å²) in [5, 5.41) is 0.675. The molecule has 0 aliphatic rings. The van der Waals surface area contributed by atoms with Crippen molar-refractivity contribution in [2.24, 2.45) is 0 Å². The fourth-order valence-corrected chi connectivity index (χ4v) is 1.63. The molecule has 0 bridgehead atoms. The predicted octanol–water partition coefficient (Wildman–Crippen LogP) is 2.62. The van der Waals surface area contributed by atoms with Crippen molar-refractivity contribution < 1.29 is 13.9 Å². The van der Waals surface area contributed by atoms with Crippen LogP contribution in [0.4, 0.5) is 0 Å². The second-order valence-corrected chi connectivity index (χ2v) is 3.78. The molecule has 1 aromatic carbocycles. The second kappa shape index (κ2) is 4.59. The van der Waals surface area contributed by atoms with Crippen LogP contribution in [0.3, 0.4) is 0 Å². The predicted molar refractivity (Wildman–Crippen MR) is 63.5 cm³/mol. The summed E-state index contributed by atoms with van der Waals surface area (Å²) >= 11 is 5.79. The van der Waals surface area contributed by atoms with Crippen LogP contribution in [0.5, 0.6) is 0 Å². The molecule has 88 valence electrons. The van der Waals surface area contributed by atoms with Gasteiger partial charge in [0.05, 0.1) is 12.0 Å². The molecule has 0 spiro atoms. The maximum atomic E-state index is 12.0. The first-order valence-electron chi connectivity index (χ1n) is 5.01. The molecule has 0 aliphatic carbocycles. The molecule has 2 aromatic rings. The fourth-order valence-electron chi connectivity index (χ4n) is 1.45. The van der Waals surface area contributed by atoms with Crippen LogP contribution < -0.4 is 5.43 Å². The number of ether oxygens (including phenoxy) is 1. The van der Waals surface area contributed by atoms with Gasteiger partial charge in [0.25, 0.3) is 0 Å². The van der Waals surface area contributed by atoms with E-state index in [0.29, 0.717) is 10.6 Å². The number of rotatable bonds is 2. The Bertz CT molecular complexity index is 630. The van der Waals surface area contributed by atoms with Gasteiger partial charge in [-0.2, -0.15) is 0 Å². The van der Waals surface area contributed by atoms with Crippen LogP contribution in [-0.4, -0.2) is 12.6 Å². The molecule has 1 aromatic heterocycles. The first kappa shape index (κ1) is 11.7. The third-order valence-corrected chi connectivity index (χ3v) is 2.47. The Morgan fingerprint density at radius 2 is 2.24 bits per heavy atom. The van der Waals surface area contributed by atoms with E-state index in [4.69, 9.17) is 20.8 Å². The molecule has 0 N–H and O–H groups in total. The van der Waals surface area contributed by atoms with Gasteiger partial charge in [-0.05, 0) is 25.1 Å². The minimum Gasteiger partial charge on any atom is -0.463 e. The minimum absolute atomic E-state index is 0.124. The topological polar surface area (TPSA) is 56.5 Å². The number of carbonyl (C=O) groups excluding carboxylic acids is 1. The number of carbonyl (C=O) groups is 1. The average molecular weight is 253 g/mol. The van der Waals surface area contributed by atoms with Gasteiger partial charge in [0, 0.05) is 5.02 Å². The first-order chi connectivity index (χ1) is 8.13. The van der Waals surface area contributed by atoms with Gasteiger partial charge in [0.1, 0.15) is 17.4 Å². The van der Waals surface area contributed by atoms with E-state index in [1.807, 2.05) is 0 Å². The van der Waals surface area contributed by atoms with Gasteiger partial charge >= 0.3 is 5.97 Å². The summed E-state index contributed by atoms with van der Waals surface area (Å²) in [5.41, 5.74) is -0.179. The molecule has 0 atom stereocenters.